The van der Waals surface area contributed by atoms with Crippen LogP contribution in [0.2, 0.25) is 0 Å². The Morgan fingerprint density at radius 3 is 2.78 bits per heavy atom. The molecule has 1 N–H and O–H groups in total. The quantitative estimate of drug-likeness (QED) is 0.882. The molecule has 0 spiro atoms. The van der Waals surface area contributed by atoms with Crippen LogP contribution in [-0.4, -0.2) is 36.6 Å². The fourth-order valence-electron chi connectivity index (χ4n) is 2.24. The number of likely N-dealkylation sites (N-methyl/N-ethyl adjacent to an activating group) is 1. The summed E-state index contributed by atoms with van der Waals surface area (Å²) in [5, 5.41) is 10.0. The molecule has 0 fully saturated rings. The molecule has 0 radical (unpaired) electrons. The van der Waals surface area contributed by atoms with Crippen molar-refractivity contribution < 1.29 is 14.3 Å². The van der Waals surface area contributed by atoms with Gasteiger partial charge in [-0.25, -0.2) is 0 Å². The molecule has 0 amide bonds. The summed E-state index contributed by atoms with van der Waals surface area (Å²) in [7, 11) is 3.88. The minimum atomic E-state index is -0.785. The van der Waals surface area contributed by atoms with E-state index in [2.05, 4.69) is 0 Å². The highest BCUT2D eigenvalue weighted by Gasteiger charge is 2.20. The Hall–Kier alpha value is -1.81. The standard InChI is InChI=1S/C14H17NO3/c1-15(2)8-10(7-14(16)17)12-9-18-13-6-4-3-5-11(12)13/h3-6,9-10H,7-8H2,1-2H3,(H,16,17). The first-order chi connectivity index (χ1) is 8.58. The summed E-state index contributed by atoms with van der Waals surface area (Å²) in [5.74, 6) is -0.840. The number of rotatable bonds is 5. The maximum atomic E-state index is 11.0. The third kappa shape index (κ3) is 2.71. The number of carboxylic acid groups (broad SMARTS) is 1. The smallest absolute Gasteiger partial charge is 0.304 e. The van der Waals surface area contributed by atoms with Gasteiger partial charge in [0.25, 0.3) is 0 Å². The number of furan rings is 1. The van der Waals surface area contributed by atoms with E-state index in [1.54, 1.807) is 6.26 Å². The van der Waals surface area contributed by atoms with E-state index < -0.39 is 5.97 Å². The van der Waals surface area contributed by atoms with E-state index in [1.807, 2.05) is 43.3 Å². The van der Waals surface area contributed by atoms with Crippen LogP contribution in [0.5, 0.6) is 0 Å². The van der Waals surface area contributed by atoms with Crippen LogP contribution in [0.3, 0.4) is 0 Å². The molecule has 1 unspecified atom stereocenters. The first-order valence-electron chi connectivity index (χ1n) is 5.90. The van der Waals surface area contributed by atoms with Crippen LogP contribution >= 0.6 is 0 Å². The van der Waals surface area contributed by atoms with Gasteiger partial charge in [-0.15, -0.1) is 0 Å². The number of para-hydroxylation sites is 1. The molecule has 2 rings (SSSR count). The first kappa shape index (κ1) is 12.6. The predicted octanol–water partition coefficient (Wildman–Crippen LogP) is 2.55. The summed E-state index contributed by atoms with van der Waals surface area (Å²) in [6.07, 6.45) is 1.80. The van der Waals surface area contributed by atoms with Crippen molar-refractivity contribution in [2.24, 2.45) is 0 Å². The summed E-state index contributed by atoms with van der Waals surface area (Å²) in [5.41, 5.74) is 1.78. The van der Waals surface area contributed by atoms with Gasteiger partial charge in [-0.2, -0.15) is 0 Å². The van der Waals surface area contributed by atoms with Gasteiger partial charge in [0.05, 0.1) is 12.7 Å². The Morgan fingerprint density at radius 1 is 1.39 bits per heavy atom. The highest BCUT2D eigenvalue weighted by Crippen LogP contribution is 2.30. The Morgan fingerprint density at radius 2 is 2.11 bits per heavy atom. The lowest BCUT2D eigenvalue weighted by molar-refractivity contribution is -0.137. The van der Waals surface area contributed by atoms with Gasteiger partial charge in [-0.1, -0.05) is 18.2 Å². The van der Waals surface area contributed by atoms with Gasteiger partial charge < -0.3 is 14.4 Å². The third-order valence-electron chi connectivity index (χ3n) is 2.96. The molecular formula is C14H17NO3. The zero-order chi connectivity index (χ0) is 13.1. The minimum Gasteiger partial charge on any atom is -0.481 e. The van der Waals surface area contributed by atoms with Crippen LogP contribution in [-0.2, 0) is 4.79 Å². The van der Waals surface area contributed by atoms with E-state index in [4.69, 9.17) is 9.52 Å². The molecule has 96 valence electrons. The Labute approximate surface area is 106 Å². The fourth-order valence-corrected chi connectivity index (χ4v) is 2.24. The molecule has 1 heterocycles. The molecule has 18 heavy (non-hydrogen) atoms. The highest BCUT2D eigenvalue weighted by atomic mass is 16.4. The van der Waals surface area contributed by atoms with Gasteiger partial charge in [0.2, 0.25) is 0 Å². The van der Waals surface area contributed by atoms with Crippen molar-refractivity contribution in [2.45, 2.75) is 12.3 Å². The number of hydrogen-bond acceptors (Lipinski definition) is 3. The Bertz CT molecular complexity index is 545. The third-order valence-corrected chi connectivity index (χ3v) is 2.96. The molecule has 0 aliphatic rings. The summed E-state index contributed by atoms with van der Waals surface area (Å²) < 4.78 is 5.48. The lowest BCUT2D eigenvalue weighted by Gasteiger charge is -2.18. The molecule has 1 atom stereocenters. The molecule has 2 aromatic rings. The van der Waals surface area contributed by atoms with E-state index in [-0.39, 0.29) is 12.3 Å². The summed E-state index contributed by atoms with van der Waals surface area (Å²) in [4.78, 5) is 13.0. The minimum absolute atomic E-state index is 0.0545. The van der Waals surface area contributed by atoms with Gasteiger partial charge >= 0.3 is 5.97 Å². The van der Waals surface area contributed by atoms with E-state index >= 15 is 0 Å². The number of carboxylic acids is 1. The second-order valence-electron chi connectivity index (χ2n) is 4.74. The van der Waals surface area contributed by atoms with Crippen molar-refractivity contribution in [2.75, 3.05) is 20.6 Å². The van der Waals surface area contributed by atoms with Crippen LogP contribution < -0.4 is 0 Å². The number of benzene rings is 1. The Balaban J connectivity index is 2.37. The second-order valence-corrected chi connectivity index (χ2v) is 4.74. The van der Waals surface area contributed by atoms with Gasteiger partial charge in [0, 0.05) is 23.4 Å². The van der Waals surface area contributed by atoms with E-state index in [1.165, 1.54) is 0 Å². The number of nitrogens with zero attached hydrogens (tertiary/aromatic N) is 1. The molecule has 0 saturated heterocycles. The zero-order valence-corrected chi connectivity index (χ0v) is 10.6. The number of aliphatic carboxylic acids is 1. The topological polar surface area (TPSA) is 53.7 Å². The molecular weight excluding hydrogens is 230 g/mol. The number of fused-ring (bicyclic) bond motifs is 1. The zero-order valence-electron chi connectivity index (χ0n) is 10.6. The van der Waals surface area contributed by atoms with Crippen LogP contribution in [0.1, 0.15) is 17.9 Å². The van der Waals surface area contributed by atoms with Gasteiger partial charge in [-0.3, -0.25) is 4.79 Å². The monoisotopic (exact) mass is 247 g/mol. The molecule has 0 bridgehead atoms. The molecule has 0 aliphatic carbocycles. The van der Waals surface area contributed by atoms with E-state index in [0.29, 0.717) is 6.54 Å². The normalized spacial score (nSPS) is 13.1. The van der Waals surface area contributed by atoms with Crippen molar-refractivity contribution in [3.05, 3.63) is 36.1 Å². The van der Waals surface area contributed by atoms with Gasteiger partial charge in [0.15, 0.2) is 0 Å². The molecule has 0 aliphatic heterocycles. The summed E-state index contributed by atoms with van der Waals surface area (Å²) in [6.45, 7) is 0.690. The van der Waals surface area contributed by atoms with Crippen molar-refractivity contribution in [3.8, 4) is 0 Å². The predicted molar refractivity (Wildman–Crippen MR) is 69.8 cm³/mol. The van der Waals surface area contributed by atoms with E-state index in [0.717, 1.165) is 16.5 Å². The Kier molecular flexibility index (Phi) is 3.67. The molecule has 1 aromatic carbocycles. The summed E-state index contributed by atoms with van der Waals surface area (Å²) >= 11 is 0. The van der Waals surface area contributed by atoms with Crippen LogP contribution in [0, 0.1) is 0 Å². The van der Waals surface area contributed by atoms with Gasteiger partial charge in [-0.05, 0) is 20.2 Å². The average Bonchev–Trinajstić information content (AvgIpc) is 2.70. The largest absolute Gasteiger partial charge is 0.481 e. The lowest BCUT2D eigenvalue weighted by Crippen LogP contribution is -2.22. The van der Waals surface area contributed by atoms with Crippen molar-refractivity contribution in [1.82, 2.24) is 4.90 Å². The number of carbonyl (C=O) groups is 1. The van der Waals surface area contributed by atoms with Crippen LogP contribution in [0.4, 0.5) is 0 Å². The maximum absolute atomic E-state index is 11.0. The fraction of sp³-hybridized carbons (Fsp3) is 0.357. The van der Waals surface area contributed by atoms with Crippen molar-refractivity contribution >= 4 is 16.9 Å². The summed E-state index contributed by atoms with van der Waals surface area (Å²) in [6, 6.07) is 7.72. The van der Waals surface area contributed by atoms with Crippen LogP contribution in [0.25, 0.3) is 11.0 Å². The van der Waals surface area contributed by atoms with Crippen LogP contribution in [0.15, 0.2) is 34.9 Å². The second kappa shape index (κ2) is 5.23. The first-order valence-corrected chi connectivity index (χ1v) is 5.90. The lowest BCUT2D eigenvalue weighted by atomic mass is 9.95. The maximum Gasteiger partial charge on any atom is 0.304 e. The molecule has 0 saturated carbocycles. The van der Waals surface area contributed by atoms with E-state index in [9.17, 15) is 4.79 Å². The molecule has 4 heteroatoms. The number of hydrogen-bond donors (Lipinski definition) is 1. The molecule has 1 aromatic heterocycles. The van der Waals surface area contributed by atoms with Crippen molar-refractivity contribution in [3.63, 3.8) is 0 Å². The average molecular weight is 247 g/mol. The SMILES string of the molecule is CN(C)CC(CC(=O)O)c1coc2ccccc12. The molecule has 4 nitrogen and oxygen atoms in total. The van der Waals surface area contributed by atoms with Gasteiger partial charge in [0.1, 0.15) is 5.58 Å². The highest BCUT2D eigenvalue weighted by molar-refractivity contribution is 5.82. The van der Waals surface area contributed by atoms with Crippen molar-refractivity contribution in [1.29, 1.82) is 0 Å².